The molecule has 3 rings (SSSR count). The number of benzene rings is 1. The maximum Gasteiger partial charge on any atom is 0.407 e. The third kappa shape index (κ3) is 11.8. The molecule has 1 saturated heterocycles. The van der Waals surface area contributed by atoms with Crippen LogP contribution in [-0.4, -0.2) is 82.3 Å². The van der Waals surface area contributed by atoms with Gasteiger partial charge in [-0.3, -0.25) is 14.4 Å². The predicted molar refractivity (Wildman–Crippen MR) is 186 cm³/mol. The van der Waals surface area contributed by atoms with Crippen molar-refractivity contribution in [2.75, 3.05) is 19.7 Å². The number of nitrogens with zero attached hydrogens (tertiary/aromatic N) is 2. The molecule has 1 aromatic heterocycles. The van der Waals surface area contributed by atoms with Crippen molar-refractivity contribution in [3.8, 4) is 16.2 Å². The maximum absolute atomic E-state index is 13.6. The number of carbonyl (C=O) groups excluding carboxylic acids is 4. The molecule has 2 heterocycles. The fraction of sp³-hybridized carbons (Fsp3) is 0.629. The van der Waals surface area contributed by atoms with E-state index in [0.717, 1.165) is 47.4 Å². The van der Waals surface area contributed by atoms with Crippen molar-refractivity contribution in [1.82, 2.24) is 25.8 Å². The first-order valence-corrected chi connectivity index (χ1v) is 17.5. The molecule has 0 unspecified atom stereocenters. The van der Waals surface area contributed by atoms with Crippen molar-refractivity contribution in [3.63, 3.8) is 0 Å². The molecule has 2 aromatic rings. The van der Waals surface area contributed by atoms with E-state index in [1.165, 1.54) is 11.8 Å². The van der Waals surface area contributed by atoms with Gasteiger partial charge in [-0.25, -0.2) is 9.78 Å². The van der Waals surface area contributed by atoms with Crippen LogP contribution in [0.25, 0.3) is 10.4 Å². The third-order valence-corrected chi connectivity index (χ3v) is 8.83. The number of β-amino-alcohol motifs (C(OH)–C–C–N with tert-alkyl or cyclic N) is 1. The van der Waals surface area contributed by atoms with Crippen LogP contribution in [0.1, 0.15) is 91.8 Å². The molecule has 1 aliphatic heterocycles. The molecule has 12 nitrogen and oxygen atoms in total. The molecule has 0 spiro atoms. The van der Waals surface area contributed by atoms with E-state index in [-0.39, 0.29) is 31.3 Å². The van der Waals surface area contributed by atoms with Crippen molar-refractivity contribution in [3.05, 3.63) is 35.0 Å². The molecule has 13 heteroatoms. The Morgan fingerprint density at radius 1 is 1.06 bits per heavy atom. The molecule has 4 N–H and O–H groups in total. The molecule has 1 fully saturated rings. The van der Waals surface area contributed by atoms with Gasteiger partial charge in [-0.2, -0.15) is 0 Å². The molecular weight excluding hydrogens is 634 g/mol. The molecule has 266 valence electrons. The third-order valence-electron chi connectivity index (χ3n) is 7.85. The Hall–Kier alpha value is -3.71. The average molecular weight is 688 g/mol. The molecule has 48 heavy (non-hydrogen) atoms. The Labute approximate surface area is 288 Å². The highest BCUT2D eigenvalue weighted by molar-refractivity contribution is 7.13. The minimum absolute atomic E-state index is 0.0113. The zero-order valence-corrected chi connectivity index (χ0v) is 30.4. The van der Waals surface area contributed by atoms with Crippen LogP contribution < -0.4 is 20.7 Å². The molecule has 1 aliphatic rings. The second-order valence-electron chi connectivity index (χ2n) is 14.4. The Bertz CT molecular complexity index is 1410. The quantitative estimate of drug-likeness (QED) is 0.208. The predicted octanol–water partition coefficient (Wildman–Crippen LogP) is 4.71. The number of aryl methyl sites for hydroxylation is 1. The number of hydrogen-bond donors (Lipinski definition) is 4. The molecular formula is C35H53N5O7S. The lowest BCUT2D eigenvalue weighted by molar-refractivity contribution is -0.143. The summed E-state index contributed by atoms with van der Waals surface area (Å²) in [7, 11) is 0. The number of nitrogens with one attached hydrogen (secondary N) is 3. The first-order valence-electron chi connectivity index (χ1n) is 16.6. The molecule has 1 aromatic carbocycles. The second kappa shape index (κ2) is 17.1. The zero-order chi connectivity index (χ0) is 35.6. The number of aliphatic hydroxyl groups excluding tert-OH is 1. The highest BCUT2D eigenvalue weighted by atomic mass is 32.1. The number of alkyl carbamates (subject to hydrolysis) is 1. The molecule has 0 aliphatic carbocycles. The Morgan fingerprint density at radius 2 is 1.77 bits per heavy atom. The summed E-state index contributed by atoms with van der Waals surface area (Å²) in [6, 6.07) is 4.14. The van der Waals surface area contributed by atoms with E-state index in [9.17, 15) is 24.3 Å². The largest absolute Gasteiger partial charge is 0.493 e. The van der Waals surface area contributed by atoms with E-state index in [1.54, 1.807) is 16.8 Å². The van der Waals surface area contributed by atoms with Gasteiger partial charge in [-0.15, -0.1) is 11.3 Å². The molecule has 3 atom stereocenters. The van der Waals surface area contributed by atoms with Crippen molar-refractivity contribution in [1.29, 1.82) is 0 Å². The average Bonchev–Trinajstić information content (AvgIpc) is 3.59. The first kappa shape index (κ1) is 38.7. The Morgan fingerprint density at radius 3 is 2.40 bits per heavy atom. The molecule has 0 radical (unpaired) electrons. The van der Waals surface area contributed by atoms with E-state index in [0.29, 0.717) is 18.9 Å². The van der Waals surface area contributed by atoms with Gasteiger partial charge < -0.3 is 35.4 Å². The summed E-state index contributed by atoms with van der Waals surface area (Å²) in [6.07, 6.45) is 2.31. The fourth-order valence-electron chi connectivity index (χ4n) is 5.45. The fourth-order valence-corrected chi connectivity index (χ4v) is 6.25. The lowest BCUT2D eigenvalue weighted by Gasteiger charge is -2.35. The van der Waals surface area contributed by atoms with Crippen LogP contribution >= 0.6 is 11.3 Å². The van der Waals surface area contributed by atoms with Crippen LogP contribution in [0.15, 0.2) is 23.7 Å². The van der Waals surface area contributed by atoms with Crippen LogP contribution in [0.4, 0.5) is 4.79 Å². The number of ether oxygens (including phenoxy) is 2. The topological polar surface area (TPSA) is 159 Å². The van der Waals surface area contributed by atoms with Crippen LogP contribution in [0.5, 0.6) is 5.75 Å². The number of rotatable bonds is 14. The van der Waals surface area contributed by atoms with Crippen LogP contribution in [-0.2, 0) is 25.7 Å². The minimum atomic E-state index is -0.876. The van der Waals surface area contributed by atoms with E-state index < -0.39 is 41.2 Å². The van der Waals surface area contributed by atoms with E-state index in [1.807, 2.05) is 66.7 Å². The van der Waals surface area contributed by atoms with Gasteiger partial charge >= 0.3 is 6.09 Å². The van der Waals surface area contributed by atoms with Crippen LogP contribution in [0.2, 0.25) is 0 Å². The van der Waals surface area contributed by atoms with Crippen molar-refractivity contribution in [2.45, 2.75) is 118 Å². The summed E-state index contributed by atoms with van der Waals surface area (Å²) < 4.78 is 11.5. The summed E-state index contributed by atoms with van der Waals surface area (Å²) in [5.74, 6) is -0.485. The van der Waals surface area contributed by atoms with Crippen LogP contribution in [0.3, 0.4) is 0 Å². The molecule has 4 amide bonds. The number of aromatic nitrogens is 1. The van der Waals surface area contributed by atoms with Crippen molar-refractivity contribution >= 4 is 35.2 Å². The lowest BCUT2D eigenvalue weighted by Crippen LogP contribution is -2.57. The maximum atomic E-state index is 13.6. The number of unbranched alkanes of at least 4 members (excludes halogenated alkanes) is 3. The summed E-state index contributed by atoms with van der Waals surface area (Å²) >= 11 is 1.54. The summed E-state index contributed by atoms with van der Waals surface area (Å²) in [4.78, 5) is 57.6. The van der Waals surface area contributed by atoms with Crippen LogP contribution in [0, 0.1) is 12.3 Å². The zero-order valence-electron chi connectivity index (χ0n) is 29.6. The number of thiazole rings is 1. The summed E-state index contributed by atoms with van der Waals surface area (Å²) in [5.41, 5.74) is 3.34. The van der Waals surface area contributed by atoms with Gasteiger partial charge in [0, 0.05) is 38.5 Å². The number of carbonyl (C=O) groups is 4. The number of aliphatic hydroxyl groups is 1. The highest BCUT2D eigenvalue weighted by Crippen LogP contribution is 2.32. The monoisotopic (exact) mass is 687 g/mol. The SMILES string of the molecule is CC(=O)N[C@H](C(=O)N1C[C@H](O)C[C@H]1C(=O)NCc1ccc(-c2scnc2C)cc1OCCCCCCNC(=O)OC(C)(C)C)C(C)(C)C. The normalized spacial score (nSPS) is 17.1. The molecule has 0 bridgehead atoms. The second-order valence-corrected chi connectivity index (χ2v) is 15.2. The Kier molecular flexibility index (Phi) is 13.8. The number of amides is 4. The van der Waals surface area contributed by atoms with E-state index in [2.05, 4.69) is 20.9 Å². The molecule has 0 saturated carbocycles. The first-order chi connectivity index (χ1) is 22.5. The van der Waals surface area contributed by atoms with E-state index >= 15 is 0 Å². The van der Waals surface area contributed by atoms with Crippen molar-refractivity contribution < 1.29 is 33.8 Å². The standard InChI is InChI=1S/C35H53N5O7S/c1-22-29(48-21-38-22)24-13-14-25(28(17-24)46-16-12-10-9-11-15-36-33(45)47-35(6,7)8)19-37-31(43)27-18-26(42)20-40(27)32(44)30(34(3,4)5)39-23(2)41/h13-14,17,21,26-27,30,42H,9-12,15-16,18-20H2,1-8H3,(H,36,45)(H,37,43)(H,39,41)/t26-,27+,30-/m1/s1. The van der Waals surface area contributed by atoms with Gasteiger partial charge in [0.05, 0.1) is 28.8 Å². The highest BCUT2D eigenvalue weighted by Gasteiger charge is 2.44. The smallest absolute Gasteiger partial charge is 0.407 e. The summed E-state index contributed by atoms with van der Waals surface area (Å²) in [5, 5.41) is 18.9. The number of hydrogen-bond acceptors (Lipinski definition) is 9. The van der Waals surface area contributed by atoms with E-state index in [4.69, 9.17) is 9.47 Å². The van der Waals surface area contributed by atoms with Gasteiger partial charge in [0.2, 0.25) is 17.7 Å². The number of likely N-dealkylation sites (tertiary alicyclic amines) is 1. The van der Waals surface area contributed by atoms with Gasteiger partial charge in [-0.1, -0.05) is 45.7 Å². The minimum Gasteiger partial charge on any atom is -0.493 e. The summed E-state index contributed by atoms with van der Waals surface area (Å²) in [6.45, 7) is 15.5. The van der Waals surface area contributed by atoms with Gasteiger partial charge in [0.25, 0.3) is 0 Å². The van der Waals surface area contributed by atoms with Crippen molar-refractivity contribution in [2.24, 2.45) is 5.41 Å². The Balaban J connectivity index is 1.63. The lowest BCUT2D eigenvalue weighted by atomic mass is 9.85. The van der Waals surface area contributed by atoms with Gasteiger partial charge in [-0.05, 0) is 57.6 Å². The van der Waals surface area contributed by atoms with Gasteiger partial charge in [0.15, 0.2) is 0 Å². The van der Waals surface area contributed by atoms with Gasteiger partial charge in [0.1, 0.15) is 23.4 Å².